The molecule has 1 aliphatic rings. The van der Waals surface area contributed by atoms with Crippen LogP contribution >= 0.6 is 0 Å². The van der Waals surface area contributed by atoms with E-state index in [0.717, 1.165) is 19.4 Å². The summed E-state index contributed by atoms with van der Waals surface area (Å²) >= 11 is 0. The largest absolute Gasteiger partial charge is 0.484 e. The molecule has 2 rings (SSSR count). The van der Waals surface area contributed by atoms with Crippen molar-refractivity contribution in [2.24, 2.45) is 5.92 Å². The number of benzene rings is 1. The molecule has 3 N–H and O–H groups in total. The summed E-state index contributed by atoms with van der Waals surface area (Å²) in [5.41, 5.74) is 6.25. The zero-order valence-electron chi connectivity index (χ0n) is 11.8. The Hall–Kier alpha value is -1.75. The van der Waals surface area contributed by atoms with Gasteiger partial charge in [-0.15, -0.1) is 0 Å². The molecular weight excluding hydrogens is 256 g/mol. The SMILES string of the molecule is CCC1OCCC1CNC(=O)COc1ccc(N)cc1. The van der Waals surface area contributed by atoms with E-state index in [-0.39, 0.29) is 18.6 Å². The maximum absolute atomic E-state index is 11.7. The van der Waals surface area contributed by atoms with E-state index in [1.54, 1.807) is 24.3 Å². The molecule has 0 aliphatic carbocycles. The van der Waals surface area contributed by atoms with Crippen LogP contribution in [-0.2, 0) is 9.53 Å². The molecule has 1 aromatic rings. The molecule has 0 saturated carbocycles. The molecule has 0 spiro atoms. The minimum Gasteiger partial charge on any atom is -0.484 e. The fourth-order valence-corrected chi connectivity index (χ4v) is 2.39. The van der Waals surface area contributed by atoms with Gasteiger partial charge in [-0.2, -0.15) is 0 Å². The average Bonchev–Trinajstić information content (AvgIpc) is 2.92. The number of amides is 1. The van der Waals surface area contributed by atoms with Gasteiger partial charge in [-0.05, 0) is 37.1 Å². The normalized spacial score (nSPS) is 21.6. The minimum absolute atomic E-state index is 0.0221. The lowest BCUT2D eigenvalue weighted by Gasteiger charge is -2.17. The first-order chi connectivity index (χ1) is 9.69. The predicted molar refractivity (Wildman–Crippen MR) is 77.5 cm³/mol. The number of nitrogens with two attached hydrogens (primary N) is 1. The number of carbonyl (C=O) groups is 1. The lowest BCUT2D eigenvalue weighted by atomic mass is 10.00. The first-order valence-electron chi connectivity index (χ1n) is 7.05. The molecule has 2 atom stereocenters. The maximum atomic E-state index is 11.7. The van der Waals surface area contributed by atoms with Crippen LogP contribution in [0, 0.1) is 5.92 Å². The molecule has 1 heterocycles. The zero-order chi connectivity index (χ0) is 14.4. The summed E-state index contributed by atoms with van der Waals surface area (Å²) in [6, 6.07) is 6.99. The number of hydrogen-bond acceptors (Lipinski definition) is 4. The summed E-state index contributed by atoms with van der Waals surface area (Å²) in [5.74, 6) is 0.953. The lowest BCUT2D eigenvalue weighted by molar-refractivity contribution is -0.123. The smallest absolute Gasteiger partial charge is 0.257 e. The molecule has 1 fully saturated rings. The van der Waals surface area contributed by atoms with Gasteiger partial charge >= 0.3 is 0 Å². The van der Waals surface area contributed by atoms with Gasteiger partial charge in [-0.3, -0.25) is 4.79 Å². The van der Waals surface area contributed by atoms with Crippen LogP contribution in [0.25, 0.3) is 0 Å². The van der Waals surface area contributed by atoms with Crippen LogP contribution in [-0.4, -0.2) is 31.8 Å². The number of nitrogens with one attached hydrogen (secondary N) is 1. The maximum Gasteiger partial charge on any atom is 0.257 e. The van der Waals surface area contributed by atoms with E-state index in [0.29, 0.717) is 23.9 Å². The summed E-state index contributed by atoms with van der Waals surface area (Å²) < 4.78 is 11.0. The quantitative estimate of drug-likeness (QED) is 0.775. The Morgan fingerprint density at radius 2 is 2.20 bits per heavy atom. The Morgan fingerprint density at radius 3 is 2.90 bits per heavy atom. The topological polar surface area (TPSA) is 73.6 Å². The average molecular weight is 278 g/mol. The monoisotopic (exact) mass is 278 g/mol. The Labute approximate surface area is 119 Å². The molecule has 1 amide bonds. The van der Waals surface area contributed by atoms with Crippen LogP contribution in [0.4, 0.5) is 5.69 Å². The molecule has 20 heavy (non-hydrogen) atoms. The van der Waals surface area contributed by atoms with Gasteiger partial charge in [0.1, 0.15) is 5.75 Å². The first kappa shape index (κ1) is 14.7. The minimum atomic E-state index is -0.108. The van der Waals surface area contributed by atoms with Crippen LogP contribution in [0.3, 0.4) is 0 Å². The van der Waals surface area contributed by atoms with Crippen LogP contribution < -0.4 is 15.8 Å². The molecule has 1 aromatic carbocycles. The highest BCUT2D eigenvalue weighted by Crippen LogP contribution is 2.22. The highest BCUT2D eigenvalue weighted by atomic mass is 16.5. The van der Waals surface area contributed by atoms with E-state index in [2.05, 4.69) is 12.2 Å². The Kier molecular flexibility index (Phi) is 5.24. The van der Waals surface area contributed by atoms with Crippen LogP contribution in [0.15, 0.2) is 24.3 Å². The zero-order valence-corrected chi connectivity index (χ0v) is 11.8. The lowest BCUT2D eigenvalue weighted by Crippen LogP contribution is -2.35. The van der Waals surface area contributed by atoms with Crippen molar-refractivity contribution in [1.29, 1.82) is 0 Å². The summed E-state index contributed by atoms with van der Waals surface area (Å²) in [6.07, 6.45) is 2.27. The van der Waals surface area contributed by atoms with Crippen LogP contribution in [0.5, 0.6) is 5.75 Å². The number of nitrogen functional groups attached to an aromatic ring is 1. The van der Waals surface area contributed by atoms with Gasteiger partial charge in [0.15, 0.2) is 6.61 Å². The first-order valence-corrected chi connectivity index (χ1v) is 7.05. The van der Waals surface area contributed by atoms with Gasteiger partial charge in [0.25, 0.3) is 5.91 Å². The van der Waals surface area contributed by atoms with Crippen LogP contribution in [0.2, 0.25) is 0 Å². The van der Waals surface area contributed by atoms with Crippen molar-refractivity contribution < 1.29 is 14.3 Å². The highest BCUT2D eigenvalue weighted by Gasteiger charge is 2.26. The fourth-order valence-electron chi connectivity index (χ4n) is 2.39. The second-order valence-corrected chi connectivity index (χ2v) is 5.03. The number of rotatable bonds is 6. The Bertz CT molecular complexity index is 433. The molecular formula is C15H22N2O3. The Morgan fingerprint density at radius 1 is 1.45 bits per heavy atom. The van der Waals surface area contributed by atoms with E-state index in [4.69, 9.17) is 15.2 Å². The molecule has 5 nitrogen and oxygen atoms in total. The van der Waals surface area contributed by atoms with Gasteiger partial charge in [0, 0.05) is 24.8 Å². The van der Waals surface area contributed by atoms with E-state index in [1.807, 2.05) is 0 Å². The third-order valence-electron chi connectivity index (χ3n) is 3.56. The molecule has 110 valence electrons. The second-order valence-electron chi connectivity index (χ2n) is 5.03. The van der Waals surface area contributed by atoms with Crippen molar-refractivity contribution in [3.8, 4) is 5.75 Å². The van der Waals surface area contributed by atoms with Crippen molar-refractivity contribution in [3.05, 3.63) is 24.3 Å². The molecule has 1 saturated heterocycles. The molecule has 1 aliphatic heterocycles. The second kappa shape index (κ2) is 7.14. The molecule has 0 radical (unpaired) electrons. The van der Waals surface area contributed by atoms with Crippen molar-refractivity contribution in [1.82, 2.24) is 5.32 Å². The van der Waals surface area contributed by atoms with Gasteiger partial charge in [-0.25, -0.2) is 0 Å². The number of anilines is 1. The van der Waals surface area contributed by atoms with Crippen molar-refractivity contribution >= 4 is 11.6 Å². The summed E-state index contributed by atoms with van der Waals surface area (Å²) in [4.78, 5) is 11.7. The van der Waals surface area contributed by atoms with Crippen molar-refractivity contribution in [3.63, 3.8) is 0 Å². The van der Waals surface area contributed by atoms with Gasteiger partial charge < -0.3 is 20.5 Å². The molecule has 5 heteroatoms. The number of ether oxygens (including phenoxy) is 2. The van der Waals surface area contributed by atoms with Gasteiger partial charge in [0.05, 0.1) is 6.10 Å². The number of hydrogen-bond donors (Lipinski definition) is 2. The third kappa shape index (κ3) is 4.13. The summed E-state index contributed by atoms with van der Waals surface area (Å²) in [5, 5.41) is 2.90. The van der Waals surface area contributed by atoms with E-state index < -0.39 is 0 Å². The van der Waals surface area contributed by atoms with E-state index in [9.17, 15) is 4.79 Å². The Balaban J connectivity index is 1.69. The predicted octanol–water partition coefficient (Wildman–Crippen LogP) is 1.58. The highest BCUT2D eigenvalue weighted by molar-refractivity contribution is 5.77. The van der Waals surface area contributed by atoms with Crippen molar-refractivity contribution in [2.45, 2.75) is 25.9 Å². The standard InChI is InChI=1S/C15H22N2O3/c1-2-14-11(7-8-19-14)9-17-15(18)10-20-13-5-3-12(16)4-6-13/h3-6,11,14H,2,7-10,16H2,1H3,(H,17,18). The number of carbonyl (C=O) groups excluding carboxylic acids is 1. The van der Waals surface area contributed by atoms with E-state index in [1.165, 1.54) is 0 Å². The van der Waals surface area contributed by atoms with Gasteiger partial charge in [-0.1, -0.05) is 6.92 Å². The van der Waals surface area contributed by atoms with Crippen molar-refractivity contribution in [2.75, 3.05) is 25.5 Å². The third-order valence-corrected chi connectivity index (χ3v) is 3.56. The summed E-state index contributed by atoms with van der Waals surface area (Å²) in [7, 11) is 0. The molecule has 0 bridgehead atoms. The molecule has 2 unspecified atom stereocenters. The van der Waals surface area contributed by atoms with E-state index >= 15 is 0 Å². The summed E-state index contributed by atoms with van der Waals surface area (Å²) in [6.45, 7) is 3.58. The van der Waals surface area contributed by atoms with Crippen LogP contribution in [0.1, 0.15) is 19.8 Å². The fraction of sp³-hybridized carbons (Fsp3) is 0.533. The van der Waals surface area contributed by atoms with Gasteiger partial charge in [0.2, 0.25) is 0 Å². The molecule has 0 aromatic heterocycles.